The summed E-state index contributed by atoms with van der Waals surface area (Å²) in [5.41, 5.74) is 0. The summed E-state index contributed by atoms with van der Waals surface area (Å²) < 4.78 is 5.54. The molecule has 3 aliphatic rings. The highest BCUT2D eigenvalue weighted by Crippen LogP contribution is 2.52. The van der Waals surface area contributed by atoms with Crippen LogP contribution in [0.3, 0.4) is 0 Å². The molecule has 0 radical (unpaired) electrons. The second-order valence-corrected chi connectivity index (χ2v) is 8.14. The molecule has 0 spiro atoms. The first-order valence-corrected chi connectivity index (χ1v) is 10.7. The number of aliphatic imine (C=N–C) groups is 1. The third-order valence-corrected chi connectivity index (χ3v) is 5.78. The number of carbonyl (C=O) groups excluding carboxylic acids is 2. The first-order valence-electron chi connectivity index (χ1n) is 10.7. The van der Waals surface area contributed by atoms with Gasteiger partial charge in [-0.3, -0.25) is 19.5 Å². The predicted octanol–water partition coefficient (Wildman–Crippen LogP) is 1.55. The Morgan fingerprint density at radius 3 is 2.46 bits per heavy atom. The van der Waals surface area contributed by atoms with Crippen molar-refractivity contribution < 1.29 is 14.3 Å². The Hall–Kier alpha value is -1.89. The molecule has 1 heterocycles. The first-order chi connectivity index (χ1) is 13.5. The molecular formula is C21H34N4O3. The van der Waals surface area contributed by atoms with E-state index in [1.54, 1.807) is 0 Å². The van der Waals surface area contributed by atoms with Crippen molar-refractivity contribution in [1.29, 1.82) is 0 Å². The number of fused-ring (bicyclic) bond motifs is 5. The fourth-order valence-corrected chi connectivity index (χ4v) is 4.54. The SMILES string of the molecule is CCNC(=NCCCN1C(=O)C2C3C=CC(C3)C2C1=O)NCCCOC(C)C. The second-order valence-electron chi connectivity index (χ2n) is 8.14. The lowest BCUT2D eigenvalue weighted by Gasteiger charge is -2.17. The largest absolute Gasteiger partial charge is 0.379 e. The maximum absolute atomic E-state index is 12.7. The summed E-state index contributed by atoms with van der Waals surface area (Å²) in [5, 5.41) is 6.52. The summed E-state index contributed by atoms with van der Waals surface area (Å²) in [5.74, 6) is 1.19. The lowest BCUT2D eigenvalue weighted by Crippen LogP contribution is -2.38. The third-order valence-electron chi connectivity index (χ3n) is 5.78. The standard InChI is InChI=1S/C21H34N4O3/c1-4-22-21(24-10-6-12-28-14(2)3)23-9-5-11-25-19(26)17-15-7-8-16(13-15)18(17)20(25)27/h7-8,14-18H,4-6,9-13H2,1-3H3,(H2,22,23,24). The normalized spacial score (nSPS) is 28.6. The van der Waals surface area contributed by atoms with Crippen LogP contribution in [0.2, 0.25) is 0 Å². The molecule has 2 bridgehead atoms. The molecule has 1 saturated heterocycles. The predicted molar refractivity (Wildman–Crippen MR) is 109 cm³/mol. The maximum atomic E-state index is 12.7. The Bertz CT molecular complexity index is 601. The molecule has 7 heteroatoms. The van der Waals surface area contributed by atoms with Crippen LogP contribution in [-0.2, 0) is 14.3 Å². The molecule has 1 saturated carbocycles. The number of imide groups is 1. The Balaban J connectivity index is 1.40. The van der Waals surface area contributed by atoms with E-state index >= 15 is 0 Å². The molecule has 2 amide bonds. The van der Waals surface area contributed by atoms with Gasteiger partial charge in [0.15, 0.2) is 5.96 Å². The Labute approximate surface area is 168 Å². The maximum Gasteiger partial charge on any atom is 0.233 e. The van der Waals surface area contributed by atoms with Crippen LogP contribution >= 0.6 is 0 Å². The highest BCUT2D eigenvalue weighted by Gasteiger charge is 2.58. The zero-order chi connectivity index (χ0) is 20.1. The number of ether oxygens (including phenoxy) is 1. The molecule has 4 unspecified atom stereocenters. The van der Waals surface area contributed by atoms with Gasteiger partial charge in [0.05, 0.1) is 17.9 Å². The third kappa shape index (κ3) is 4.57. The van der Waals surface area contributed by atoms with Crippen LogP contribution in [0.4, 0.5) is 0 Å². The topological polar surface area (TPSA) is 83.0 Å². The van der Waals surface area contributed by atoms with E-state index in [0.29, 0.717) is 19.5 Å². The van der Waals surface area contributed by atoms with E-state index in [-0.39, 0.29) is 41.6 Å². The van der Waals surface area contributed by atoms with Gasteiger partial charge < -0.3 is 15.4 Å². The number of guanidine groups is 1. The summed E-state index contributed by atoms with van der Waals surface area (Å²) in [7, 11) is 0. The lowest BCUT2D eigenvalue weighted by atomic mass is 9.85. The van der Waals surface area contributed by atoms with Crippen LogP contribution in [0.15, 0.2) is 17.1 Å². The summed E-state index contributed by atoms with van der Waals surface area (Å²) in [6, 6.07) is 0. The van der Waals surface area contributed by atoms with Crippen LogP contribution in [-0.4, -0.2) is 61.6 Å². The van der Waals surface area contributed by atoms with Gasteiger partial charge in [0.1, 0.15) is 0 Å². The van der Waals surface area contributed by atoms with E-state index in [1.165, 1.54) is 4.90 Å². The van der Waals surface area contributed by atoms with Crippen molar-refractivity contribution in [3.8, 4) is 0 Å². The minimum atomic E-state index is -0.0990. The van der Waals surface area contributed by atoms with Gasteiger partial charge in [-0.15, -0.1) is 0 Å². The summed E-state index contributed by atoms with van der Waals surface area (Å²) in [6.07, 6.45) is 7.09. The fourth-order valence-electron chi connectivity index (χ4n) is 4.54. The van der Waals surface area contributed by atoms with E-state index in [2.05, 4.69) is 27.8 Å². The van der Waals surface area contributed by atoms with E-state index in [1.807, 2.05) is 20.8 Å². The van der Waals surface area contributed by atoms with Gasteiger partial charge in [-0.1, -0.05) is 12.2 Å². The van der Waals surface area contributed by atoms with Gasteiger partial charge in [0.2, 0.25) is 11.8 Å². The summed E-state index contributed by atoms with van der Waals surface area (Å²) >= 11 is 0. The van der Waals surface area contributed by atoms with Crippen molar-refractivity contribution in [3.63, 3.8) is 0 Å². The van der Waals surface area contributed by atoms with Crippen molar-refractivity contribution in [3.05, 3.63) is 12.2 Å². The molecule has 7 nitrogen and oxygen atoms in total. The van der Waals surface area contributed by atoms with E-state index in [4.69, 9.17) is 4.74 Å². The average molecular weight is 391 g/mol. The van der Waals surface area contributed by atoms with Crippen molar-refractivity contribution in [1.82, 2.24) is 15.5 Å². The fraction of sp³-hybridized carbons (Fsp3) is 0.762. The summed E-state index contributed by atoms with van der Waals surface area (Å²) in [4.78, 5) is 31.4. The molecular weight excluding hydrogens is 356 g/mol. The first kappa shape index (κ1) is 20.8. The molecule has 2 aliphatic carbocycles. The van der Waals surface area contributed by atoms with Gasteiger partial charge in [-0.2, -0.15) is 0 Å². The van der Waals surface area contributed by atoms with Crippen LogP contribution < -0.4 is 10.6 Å². The van der Waals surface area contributed by atoms with Crippen LogP contribution in [0.25, 0.3) is 0 Å². The van der Waals surface area contributed by atoms with Crippen LogP contribution in [0.5, 0.6) is 0 Å². The van der Waals surface area contributed by atoms with Crippen LogP contribution in [0, 0.1) is 23.7 Å². The van der Waals surface area contributed by atoms with Gasteiger partial charge in [0, 0.05) is 32.8 Å². The minimum absolute atomic E-state index is 0.0333. The zero-order valence-electron chi connectivity index (χ0n) is 17.3. The van der Waals surface area contributed by atoms with E-state index in [0.717, 1.165) is 38.5 Å². The molecule has 2 fully saturated rings. The smallest absolute Gasteiger partial charge is 0.233 e. The Morgan fingerprint density at radius 2 is 1.86 bits per heavy atom. The lowest BCUT2D eigenvalue weighted by molar-refractivity contribution is -0.140. The highest BCUT2D eigenvalue weighted by molar-refractivity contribution is 6.06. The number of nitrogens with one attached hydrogen (secondary N) is 2. The molecule has 28 heavy (non-hydrogen) atoms. The molecule has 156 valence electrons. The van der Waals surface area contributed by atoms with Gasteiger partial charge >= 0.3 is 0 Å². The molecule has 0 aromatic heterocycles. The quantitative estimate of drug-likeness (QED) is 0.194. The average Bonchev–Trinajstić information content (AvgIpc) is 3.33. The van der Waals surface area contributed by atoms with Gasteiger partial charge in [-0.25, -0.2) is 0 Å². The number of likely N-dealkylation sites (tertiary alicyclic amines) is 1. The van der Waals surface area contributed by atoms with Crippen molar-refractivity contribution in [2.45, 2.75) is 46.1 Å². The van der Waals surface area contributed by atoms with Gasteiger partial charge in [0.25, 0.3) is 0 Å². The van der Waals surface area contributed by atoms with E-state index < -0.39 is 0 Å². The number of carbonyl (C=O) groups is 2. The molecule has 3 rings (SSSR count). The molecule has 2 N–H and O–H groups in total. The molecule has 1 aliphatic heterocycles. The summed E-state index contributed by atoms with van der Waals surface area (Å²) in [6.45, 7) is 9.44. The van der Waals surface area contributed by atoms with Crippen molar-refractivity contribution in [2.75, 3.05) is 32.8 Å². The van der Waals surface area contributed by atoms with Crippen molar-refractivity contribution >= 4 is 17.8 Å². The second kappa shape index (κ2) is 9.54. The van der Waals surface area contributed by atoms with Gasteiger partial charge in [-0.05, 0) is 51.9 Å². The zero-order valence-corrected chi connectivity index (χ0v) is 17.3. The monoisotopic (exact) mass is 390 g/mol. The Morgan fingerprint density at radius 1 is 1.18 bits per heavy atom. The number of nitrogens with zero attached hydrogens (tertiary/aromatic N) is 2. The van der Waals surface area contributed by atoms with E-state index in [9.17, 15) is 9.59 Å². The Kier molecular flexibility index (Phi) is 7.10. The molecule has 0 aromatic rings. The molecule has 4 atom stereocenters. The van der Waals surface area contributed by atoms with Crippen molar-refractivity contribution in [2.24, 2.45) is 28.7 Å². The highest BCUT2D eigenvalue weighted by atomic mass is 16.5. The number of rotatable bonds is 10. The number of hydrogen-bond donors (Lipinski definition) is 2. The minimum Gasteiger partial charge on any atom is -0.379 e. The van der Waals surface area contributed by atoms with Crippen LogP contribution in [0.1, 0.15) is 40.0 Å². The molecule has 0 aromatic carbocycles. The number of hydrogen-bond acceptors (Lipinski definition) is 4. The number of amides is 2. The number of allylic oxidation sites excluding steroid dienone is 2.